The van der Waals surface area contributed by atoms with Crippen LogP contribution in [-0.2, 0) is 0 Å². The van der Waals surface area contributed by atoms with Crippen molar-refractivity contribution in [1.82, 2.24) is 5.32 Å². The zero-order chi connectivity index (χ0) is 13.5. The molecule has 1 aromatic rings. The molecule has 0 aliphatic carbocycles. The van der Waals surface area contributed by atoms with Crippen LogP contribution >= 0.6 is 0 Å². The molecule has 0 aliphatic rings. The first-order valence-electron chi connectivity index (χ1n) is 7.03. The van der Waals surface area contributed by atoms with Crippen molar-refractivity contribution in [3.05, 3.63) is 35.9 Å². The maximum atomic E-state index is 6.17. The SMILES string of the molecule is CC(C)C(CNCC(N)c1ccccc1)C(C)C. The Morgan fingerprint density at radius 2 is 1.50 bits per heavy atom. The van der Waals surface area contributed by atoms with E-state index in [0.29, 0.717) is 17.8 Å². The zero-order valence-corrected chi connectivity index (χ0v) is 12.2. The summed E-state index contributed by atoms with van der Waals surface area (Å²) in [6, 6.07) is 10.4. The fourth-order valence-corrected chi connectivity index (χ4v) is 2.46. The van der Waals surface area contributed by atoms with Gasteiger partial charge in [-0.15, -0.1) is 0 Å². The standard InChI is InChI=1S/C16H28N2/c1-12(2)15(13(3)4)10-18-11-16(17)14-8-6-5-7-9-14/h5-9,12-13,15-16,18H,10-11,17H2,1-4H3. The highest BCUT2D eigenvalue weighted by Crippen LogP contribution is 2.19. The second kappa shape index (κ2) is 7.55. The Morgan fingerprint density at radius 1 is 0.944 bits per heavy atom. The largest absolute Gasteiger partial charge is 0.323 e. The lowest BCUT2D eigenvalue weighted by Crippen LogP contribution is -2.34. The molecule has 18 heavy (non-hydrogen) atoms. The summed E-state index contributed by atoms with van der Waals surface area (Å²) in [6.45, 7) is 11.1. The Kier molecular flexibility index (Phi) is 6.37. The summed E-state index contributed by atoms with van der Waals surface area (Å²) in [5, 5.41) is 3.52. The monoisotopic (exact) mass is 248 g/mol. The van der Waals surface area contributed by atoms with Gasteiger partial charge < -0.3 is 11.1 Å². The number of benzene rings is 1. The van der Waals surface area contributed by atoms with Crippen molar-refractivity contribution in [2.45, 2.75) is 33.7 Å². The van der Waals surface area contributed by atoms with Crippen LogP contribution in [0.5, 0.6) is 0 Å². The van der Waals surface area contributed by atoms with Crippen LogP contribution in [0.25, 0.3) is 0 Å². The summed E-state index contributed by atoms with van der Waals surface area (Å²) >= 11 is 0. The first-order valence-corrected chi connectivity index (χ1v) is 7.03. The quantitative estimate of drug-likeness (QED) is 0.777. The number of hydrogen-bond acceptors (Lipinski definition) is 2. The predicted molar refractivity (Wildman–Crippen MR) is 79.4 cm³/mol. The molecule has 2 nitrogen and oxygen atoms in total. The second-order valence-corrected chi connectivity index (χ2v) is 5.83. The van der Waals surface area contributed by atoms with Crippen LogP contribution in [0.4, 0.5) is 0 Å². The minimum absolute atomic E-state index is 0.0891. The van der Waals surface area contributed by atoms with Crippen LogP contribution in [0.15, 0.2) is 30.3 Å². The van der Waals surface area contributed by atoms with E-state index in [0.717, 1.165) is 13.1 Å². The molecule has 102 valence electrons. The average molecular weight is 248 g/mol. The summed E-state index contributed by atoms with van der Waals surface area (Å²) in [5.41, 5.74) is 7.38. The molecule has 2 heteroatoms. The van der Waals surface area contributed by atoms with Gasteiger partial charge >= 0.3 is 0 Å². The van der Waals surface area contributed by atoms with Crippen LogP contribution in [0, 0.1) is 17.8 Å². The molecule has 1 unspecified atom stereocenters. The van der Waals surface area contributed by atoms with Gasteiger partial charge in [0.2, 0.25) is 0 Å². The number of nitrogens with one attached hydrogen (secondary N) is 1. The molecule has 1 aromatic carbocycles. The molecule has 0 aliphatic heterocycles. The molecule has 1 atom stereocenters. The number of nitrogens with two attached hydrogens (primary N) is 1. The summed E-state index contributed by atoms with van der Waals surface area (Å²) in [4.78, 5) is 0. The topological polar surface area (TPSA) is 38.0 Å². The molecule has 0 amide bonds. The van der Waals surface area contributed by atoms with Gasteiger partial charge in [-0.3, -0.25) is 0 Å². The lowest BCUT2D eigenvalue weighted by molar-refractivity contribution is 0.274. The van der Waals surface area contributed by atoms with Crippen molar-refractivity contribution >= 4 is 0 Å². The molecule has 0 heterocycles. The van der Waals surface area contributed by atoms with Crippen LogP contribution < -0.4 is 11.1 Å². The maximum Gasteiger partial charge on any atom is 0.0421 e. The van der Waals surface area contributed by atoms with E-state index in [4.69, 9.17) is 5.73 Å². The molecule has 1 rings (SSSR count). The van der Waals surface area contributed by atoms with Crippen molar-refractivity contribution in [2.24, 2.45) is 23.5 Å². The normalized spacial score (nSPS) is 13.6. The minimum atomic E-state index is 0.0891. The summed E-state index contributed by atoms with van der Waals surface area (Å²) < 4.78 is 0. The average Bonchev–Trinajstić information content (AvgIpc) is 2.34. The van der Waals surface area contributed by atoms with Gasteiger partial charge in [0.1, 0.15) is 0 Å². The third kappa shape index (κ3) is 4.79. The smallest absolute Gasteiger partial charge is 0.0421 e. The van der Waals surface area contributed by atoms with Crippen molar-refractivity contribution in [1.29, 1.82) is 0 Å². The summed E-state index contributed by atoms with van der Waals surface area (Å²) in [7, 11) is 0. The fraction of sp³-hybridized carbons (Fsp3) is 0.625. The van der Waals surface area contributed by atoms with E-state index in [9.17, 15) is 0 Å². The highest BCUT2D eigenvalue weighted by molar-refractivity contribution is 5.18. The molecular formula is C16H28N2. The van der Waals surface area contributed by atoms with Gasteiger partial charge in [-0.25, -0.2) is 0 Å². The fourth-order valence-electron chi connectivity index (χ4n) is 2.46. The number of hydrogen-bond donors (Lipinski definition) is 2. The van der Waals surface area contributed by atoms with E-state index >= 15 is 0 Å². The number of rotatable bonds is 7. The third-order valence-corrected chi connectivity index (χ3v) is 3.68. The molecule has 0 bridgehead atoms. The van der Waals surface area contributed by atoms with Crippen molar-refractivity contribution in [3.8, 4) is 0 Å². The van der Waals surface area contributed by atoms with Gasteiger partial charge in [0.15, 0.2) is 0 Å². The van der Waals surface area contributed by atoms with Crippen molar-refractivity contribution in [2.75, 3.05) is 13.1 Å². The van der Waals surface area contributed by atoms with Crippen LogP contribution in [0.1, 0.15) is 39.3 Å². The maximum absolute atomic E-state index is 6.17. The van der Waals surface area contributed by atoms with Crippen LogP contribution in [0.2, 0.25) is 0 Å². The van der Waals surface area contributed by atoms with E-state index in [-0.39, 0.29) is 6.04 Å². The minimum Gasteiger partial charge on any atom is -0.323 e. The van der Waals surface area contributed by atoms with Gasteiger partial charge in [0.05, 0.1) is 0 Å². The molecule has 0 fully saturated rings. The lowest BCUT2D eigenvalue weighted by Gasteiger charge is -2.26. The van der Waals surface area contributed by atoms with Gasteiger partial charge in [0, 0.05) is 12.6 Å². The molecule has 0 aromatic heterocycles. The Bertz CT molecular complexity index is 311. The Labute approximate surface area is 112 Å². The van der Waals surface area contributed by atoms with Crippen molar-refractivity contribution in [3.63, 3.8) is 0 Å². The van der Waals surface area contributed by atoms with E-state index < -0.39 is 0 Å². The predicted octanol–water partition coefficient (Wildman–Crippen LogP) is 3.20. The lowest BCUT2D eigenvalue weighted by atomic mass is 9.85. The van der Waals surface area contributed by atoms with E-state index in [1.54, 1.807) is 0 Å². The van der Waals surface area contributed by atoms with E-state index in [2.05, 4.69) is 45.1 Å². The molecular weight excluding hydrogens is 220 g/mol. The molecule has 0 radical (unpaired) electrons. The molecule has 0 spiro atoms. The first-order chi connectivity index (χ1) is 8.52. The molecule has 3 N–H and O–H groups in total. The second-order valence-electron chi connectivity index (χ2n) is 5.83. The Balaban J connectivity index is 2.37. The molecule has 0 saturated heterocycles. The zero-order valence-electron chi connectivity index (χ0n) is 12.2. The molecule has 0 saturated carbocycles. The van der Waals surface area contributed by atoms with Crippen LogP contribution in [0.3, 0.4) is 0 Å². The first kappa shape index (κ1) is 15.2. The van der Waals surface area contributed by atoms with Gasteiger partial charge in [-0.2, -0.15) is 0 Å². The van der Waals surface area contributed by atoms with Crippen molar-refractivity contribution < 1.29 is 0 Å². The highest BCUT2D eigenvalue weighted by atomic mass is 14.9. The Hall–Kier alpha value is -0.860. The highest BCUT2D eigenvalue weighted by Gasteiger charge is 2.17. The van der Waals surface area contributed by atoms with Crippen LogP contribution in [-0.4, -0.2) is 13.1 Å². The third-order valence-electron chi connectivity index (χ3n) is 3.68. The summed E-state index contributed by atoms with van der Waals surface area (Å²) in [5.74, 6) is 2.14. The van der Waals surface area contributed by atoms with E-state index in [1.807, 2.05) is 18.2 Å². The van der Waals surface area contributed by atoms with Gasteiger partial charge in [-0.05, 0) is 29.9 Å². The van der Waals surface area contributed by atoms with Gasteiger partial charge in [0.25, 0.3) is 0 Å². The Morgan fingerprint density at radius 3 is 2.00 bits per heavy atom. The van der Waals surface area contributed by atoms with E-state index in [1.165, 1.54) is 5.56 Å². The van der Waals surface area contributed by atoms with Gasteiger partial charge in [-0.1, -0.05) is 58.0 Å². The summed E-state index contributed by atoms with van der Waals surface area (Å²) in [6.07, 6.45) is 0.